The van der Waals surface area contributed by atoms with Gasteiger partial charge in [-0.3, -0.25) is 19.1 Å². The maximum absolute atomic E-state index is 12.8. The van der Waals surface area contributed by atoms with Gasteiger partial charge >= 0.3 is 11.7 Å². The first kappa shape index (κ1) is 25.2. The maximum atomic E-state index is 12.8. The largest absolute Gasteiger partial charge is 0.457 e. The van der Waals surface area contributed by atoms with Crippen LogP contribution >= 0.6 is 0 Å². The van der Waals surface area contributed by atoms with Crippen molar-refractivity contribution in [3.05, 3.63) is 73.9 Å². The maximum Gasteiger partial charge on any atom is 0.330 e. The van der Waals surface area contributed by atoms with Crippen LogP contribution in [0.5, 0.6) is 0 Å². The number of H-pyrrole nitrogens is 1. The standard InChI is InChI=1S/C26H32N6O4/c1-5-7-14-31-24-23(25(34)28-26(31)35)30(13-6-2)21(27-24)16-36-22(33)15-20-17(3)29-32(18(20)4)19-11-9-8-10-12-19/h8-12H,5-7,13-16H2,1-4H3,(H,28,34,35). The number of fused-ring (bicyclic) bond motifs is 1. The van der Waals surface area contributed by atoms with Gasteiger partial charge in [0.25, 0.3) is 5.56 Å². The summed E-state index contributed by atoms with van der Waals surface area (Å²) in [6, 6.07) is 9.74. The van der Waals surface area contributed by atoms with E-state index in [1.54, 1.807) is 4.57 Å². The van der Waals surface area contributed by atoms with Gasteiger partial charge in [0.1, 0.15) is 12.4 Å². The molecule has 3 heterocycles. The second kappa shape index (κ2) is 10.8. The number of ether oxygens (including phenoxy) is 1. The normalized spacial score (nSPS) is 11.3. The fourth-order valence-corrected chi connectivity index (χ4v) is 4.41. The van der Waals surface area contributed by atoms with Crippen LogP contribution in [0.1, 0.15) is 55.9 Å². The molecule has 0 atom stereocenters. The Kier molecular flexibility index (Phi) is 7.52. The highest BCUT2D eigenvalue weighted by Crippen LogP contribution is 2.19. The number of carbonyl (C=O) groups excluding carboxylic acids is 1. The number of hydrogen-bond donors (Lipinski definition) is 1. The number of unbranched alkanes of at least 4 members (excludes halogenated alkanes) is 1. The Bertz CT molecular complexity index is 1490. The number of aryl methyl sites for hydroxylation is 3. The Morgan fingerprint density at radius 3 is 2.47 bits per heavy atom. The number of benzene rings is 1. The molecule has 0 bridgehead atoms. The van der Waals surface area contributed by atoms with Gasteiger partial charge in [-0.25, -0.2) is 14.5 Å². The third-order valence-corrected chi connectivity index (χ3v) is 6.27. The fraction of sp³-hybridized carbons (Fsp3) is 0.423. The first-order chi connectivity index (χ1) is 17.3. The SMILES string of the molecule is CCCCn1c(=O)[nH]c(=O)c2c1nc(COC(=O)Cc1c(C)nn(-c3ccccc3)c1C)n2CCC. The topological polar surface area (TPSA) is 117 Å². The van der Waals surface area contributed by atoms with Crippen LogP contribution in [0.15, 0.2) is 39.9 Å². The average molecular weight is 493 g/mol. The minimum atomic E-state index is -0.485. The summed E-state index contributed by atoms with van der Waals surface area (Å²) in [6.45, 7) is 8.69. The number of para-hydroxylation sites is 1. The van der Waals surface area contributed by atoms with Crippen molar-refractivity contribution in [2.45, 2.75) is 73.1 Å². The summed E-state index contributed by atoms with van der Waals surface area (Å²) >= 11 is 0. The summed E-state index contributed by atoms with van der Waals surface area (Å²) in [6.07, 6.45) is 2.49. The first-order valence-electron chi connectivity index (χ1n) is 12.3. The molecule has 10 heteroatoms. The van der Waals surface area contributed by atoms with Crippen LogP contribution in [0.25, 0.3) is 16.9 Å². The minimum absolute atomic E-state index is 0.0697. The van der Waals surface area contributed by atoms with Crippen molar-refractivity contribution in [2.75, 3.05) is 0 Å². The molecule has 4 aromatic rings. The highest BCUT2D eigenvalue weighted by molar-refractivity contribution is 5.74. The molecule has 0 saturated heterocycles. The van der Waals surface area contributed by atoms with E-state index >= 15 is 0 Å². The van der Waals surface area contributed by atoms with Crippen molar-refractivity contribution in [1.29, 1.82) is 0 Å². The van der Waals surface area contributed by atoms with Crippen LogP contribution in [0.2, 0.25) is 0 Å². The number of esters is 1. The second-order valence-electron chi connectivity index (χ2n) is 8.85. The second-order valence-corrected chi connectivity index (χ2v) is 8.85. The molecule has 0 fully saturated rings. The smallest absolute Gasteiger partial charge is 0.330 e. The lowest BCUT2D eigenvalue weighted by molar-refractivity contribution is -0.144. The minimum Gasteiger partial charge on any atom is -0.457 e. The van der Waals surface area contributed by atoms with E-state index in [1.807, 2.05) is 62.7 Å². The first-order valence-corrected chi connectivity index (χ1v) is 12.3. The van der Waals surface area contributed by atoms with Gasteiger partial charge < -0.3 is 9.30 Å². The molecule has 0 aliphatic carbocycles. The predicted octanol–water partition coefficient (Wildman–Crippen LogP) is 3.18. The molecule has 0 aliphatic heterocycles. The zero-order valence-corrected chi connectivity index (χ0v) is 21.2. The van der Waals surface area contributed by atoms with Crippen LogP contribution in [-0.2, 0) is 35.6 Å². The molecule has 36 heavy (non-hydrogen) atoms. The average Bonchev–Trinajstić information content (AvgIpc) is 3.36. The number of aromatic amines is 1. The number of carbonyl (C=O) groups is 1. The van der Waals surface area contributed by atoms with Crippen molar-refractivity contribution >= 4 is 17.1 Å². The zero-order valence-electron chi connectivity index (χ0n) is 21.2. The van der Waals surface area contributed by atoms with Crippen LogP contribution in [0.4, 0.5) is 0 Å². The lowest BCUT2D eigenvalue weighted by atomic mass is 10.1. The molecule has 0 radical (unpaired) electrons. The Morgan fingerprint density at radius 1 is 1.03 bits per heavy atom. The molecule has 1 aromatic carbocycles. The summed E-state index contributed by atoms with van der Waals surface area (Å²) in [7, 11) is 0. The third-order valence-electron chi connectivity index (χ3n) is 6.27. The Morgan fingerprint density at radius 2 is 1.78 bits per heavy atom. The predicted molar refractivity (Wildman–Crippen MR) is 136 cm³/mol. The van der Waals surface area contributed by atoms with Crippen molar-refractivity contribution in [1.82, 2.24) is 28.9 Å². The van der Waals surface area contributed by atoms with Crippen LogP contribution < -0.4 is 11.2 Å². The van der Waals surface area contributed by atoms with Crippen molar-refractivity contribution in [3.8, 4) is 5.69 Å². The molecule has 190 valence electrons. The summed E-state index contributed by atoms with van der Waals surface area (Å²) in [5, 5.41) is 4.59. The Balaban J connectivity index is 1.59. The zero-order chi connectivity index (χ0) is 25.8. The van der Waals surface area contributed by atoms with Gasteiger partial charge in [0.2, 0.25) is 0 Å². The summed E-state index contributed by atoms with van der Waals surface area (Å²) < 4.78 is 10.7. The Labute approximate surface area is 208 Å². The highest BCUT2D eigenvalue weighted by Gasteiger charge is 2.21. The number of nitrogens with one attached hydrogen (secondary N) is 1. The molecule has 0 unspecified atom stereocenters. The molecule has 3 aromatic heterocycles. The number of rotatable bonds is 10. The van der Waals surface area contributed by atoms with E-state index < -0.39 is 17.2 Å². The number of hydrogen-bond acceptors (Lipinski definition) is 6. The molecule has 0 amide bonds. The Hall–Kier alpha value is -3.95. The van der Waals surface area contributed by atoms with Gasteiger partial charge in [0, 0.05) is 24.3 Å². The van der Waals surface area contributed by atoms with Gasteiger partial charge in [0.05, 0.1) is 17.8 Å². The van der Waals surface area contributed by atoms with E-state index in [4.69, 9.17) is 4.74 Å². The van der Waals surface area contributed by atoms with Crippen LogP contribution in [0, 0.1) is 13.8 Å². The monoisotopic (exact) mass is 492 g/mol. The van der Waals surface area contributed by atoms with Crippen LogP contribution in [-0.4, -0.2) is 34.9 Å². The van der Waals surface area contributed by atoms with Gasteiger partial charge in [-0.2, -0.15) is 5.10 Å². The molecule has 0 saturated carbocycles. The van der Waals surface area contributed by atoms with Gasteiger partial charge in [-0.15, -0.1) is 0 Å². The molecule has 0 spiro atoms. The fourth-order valence-electron chi connectivity index (χ4n) is 4.41. The molecular weight excluding hydrogens is 460 g/mol. The van der Waals surface area contributed by atoms with Gasteiger partial charge in [0.15, 0.2) is 11.2 Å². The van der Waals surface area contributed by atoms with Gasteiger partial charge in [-0.05, 0) is 38.8 Å². The molecular formula is C26H32N6O4. The lowest BCUT2D eigenvalue weighted by Crippen LogP contribution is -2.31. The molecule has 1 N–H and O–H groups in total. The van der Waals surface area contributed by atoms with E-state index in [1.165, 1.54) is 4.57 Å². The molecule has 10 nitrogen and oxygen atoms in total. The quantitative estimate of drug-likeness (QED) is 0.340. The van der Waals surface area contributed by atoms with E-state index in [2.05, 4.69) is 15.1 Å². The summed E-state index contributed by atoms with van der Waals surface area (Å²) in [4.78, 5) is 44.9. The van der Waals surface area contributed by atoms with Crippen molar-refractivity contribution in [2.24, 2.45) is 0 Å². The van der Waals surface area contributed by atoms with Crippen molar-refractivity contribution < 1.29 is 9.53 Å². The summed E-state index contributed by atoms with van der Waals surface area (Å²) in [5.74, 6) is 0.0242. The summed E-state index contributed by atoms with van der Waals surface area (Å²) in [5.41, 5.74) is 3.06. The molecule has 4 rings (SSSR count). The van der Waals surface area contributed by atoms with E-state index in [-0.39, 0.29) is 13.0 Å². The number of imidazole rings is 1. The number of aromatic nitrogens is 6. The van der Waals surface area contributed by atoms with Gasteiger partial charge in [-0.1, -0.05) is 38.5 Å². The van der Waals surface area contributed by atoms with E-state index in [0.29, 0.717) is 30.1 Å². The van der Waals surface area contributed by atoms with E-state index in [9.17, 15) is 14.4 Å². The lowest BCUT2D eigenvalue weighted by Gasteiger charge is -2.09. The highest BCUT2D eigenvalue weighted by atomic mass is 16.5. The third kappa shape index (κ3) is 4.89. The van der Waals surface area contributed by atoms with Crippen LogP contribution in [0.3, 0.4) is 0 Å². The molecule has 0 aliphatic rings. The van der Waals surface area contributed by atoms with E-state index in [0.717, 1.165) is 41.9 Å². The van der Waals surface area contributed by atoms with Crippen molar-refractivity contribution in [3.63, 3.8) is 0 Å². The number of nitrogens with zero attached hydrogens (tertiary/aromatic N) is 5.